The molecule has 0 saturated heterocycles. The minimum atomic E-state index is -4.52. The number of amides is 2. The molecule has 0 fully saturated rings. The number of nitrogens with one attached hydrogen (secondary N) is 3. The molecule has 0 radical (unpaired) electrons. The molecule has 11 heteroatoms. The van der Waals surface area contributed by atoms with Gasteiger partial charge in [-0.1, -0.05) is 30.3 Å². The van der Waals surface area contributed by atoms with E-state index < -0.39 is 17.8 Å². The van der Waals surface area contributed by atoms with Crippen molar-refractivity contribution < 1.29 is 22.7 Å². The van der Waals surface area contributed by atoms with E-state index in [0.29, 0.717) is 45.3 Å². The van der Waals surface area contributed by atoms with Crippen LogP contribution in [0.5, 0.6) is 11.6 Å². The molecular weight excluding hydrogens is 509 g/mol. The first-order valence-corrected chi connectivity index (χ1v) is 11.7. The Hall–Kier alpha value is -5.19. The number of urea groups is 1. The standard InChI is InChI=1S/C28H21F3N6O2/c1-32-26-34-15-13-23(36-26)21-10-5-14-33-25(21)39-24-12-11-22(19-8-2-3-9-20(19)24)37-27(38)35-18-7-4-6-17(16-18)28(29,30)31/h2-16H,1H3,(H,32,34,36)(H2,35,37,38). The van der Waals surface area contributed by atoms with Gasteiger partial charge in [0.15, 0.2) is 0 Å². The molecule has 39 heavy (non-hydrogen) atoms. The minimum Gasteiger partial charge on any atom is -0.438 e. The molecule has 0 unspecified atom stereocenters. The number of alkyl halides is 3. The highest BCUT2D eigenvalue weighted by molar-refractivity contribution is 6.07. The second-order valence-corrected chi connectivity index (χ2v) is 8.29. The van der Waals surface area contributed by atoms with Crippen LogP contribution in [0.25, 0.3) is 22.0 Å². The molecule has 8 nitrogen and oxygen atoms in total. The number of anilines is 3. The SMILES string of the molecule is CNc1nccc(-c2cccnc2Oc2ccc(NC(=O)Nc3cccc(C(F)(F)F)c3)c3ccccc23)n1. The molecule has 0 saturated carbocycles. The minimum absolute atomic E-state index is 0.0143. The van der Waals surface area contributed by atoms with Crippen LogP contribution in [0.4, 0.5) is 35.3 Å². The highest BCUT2D eigenvalue weighted by Crippen LogP contribution is 2.37. The van der Waals surface area contributed by atoms with Crippen LogP contribution in [-0.2, 0) is 6.18 Å². The average molecular weight is 531 g/mol. The molecule has 0 aliphatic heterocycles. The lowest BCUT2D eigenvalue weighted by atomic mass is 10.1. The number of carbonyl (C=O) groups excluding carboxylic acids is 1. The number of hydrogen-bond acceptors (Lipinski definition) is 6. The van der Waals surface area contributed by atoms with Crippen LogP contribution in [0.3, 0.4) is 0 Å². The fraction of sp³-hybridized carbons (Fsp3) is 0.0714. The van der Waals surface area contributed by atoms with E-state index in [-0.39, 0.29) is 5.69 Å². The van der Waals surface area contributed by atoms with Crippen molar-refractivity contribution >= 4 is 34.1 Å². The van der Waals surface area contributed by atoms with Gasteiger partial charge in [0.25, 0.3) is 0 Å². The molecule has 3 aromatic carbocycles. The van der Waals surface area contributed by atoms with Crippen LogP contribution in [-0.4, -0.2) is 28.0 Å². The first-order valence-electron chi connectivity index (χ1n) is 11.7. The third kappa shape index (κ3) is 5.72. The molecule has 0 aliphatic carbocycles. The van der Waals surface area contributed by atoms with Gasteiger partial charge in [-0.3, -0.25) is 0 Å². The Bertz CT molecular complexity index is 1660. The Morgan fingerprint density at radius 3 is 2.46 bits per heavy atom. The molecule has 2 heterocycles. The molecule has 0 aliphatic rings. The largest absolute Gasteiger partial charge is 0.438 e. The third-order valence-corrected chi connectivity index (χ3v) is 5.71. The Morgan fingerprint density at radius 2 is 1.67 bits per heavy atom. The zero-order chi connectivity index (χ0) is 27.4. The van der Waals surface area contributed by atoms with Crippen molar-refractivity contribution in [2.45, 2.75) is 6.18 Å². The summed E-state index contributed by atoms with van der Waals surface area (Å²) < 4.78 is 45.3. The second-order valence-electron chi connectivity index (χ2n) is 8.29. The monoisotopic (exact) mass is 530 g/mol. The van der Waals surface area contributed by atoms with Crippen molar-refractivity contribution in [2.24, 2.45) is 0 Å². The molecule has 0 atom stereocenters. The first-order chi connectivity index (χ1) is 18.8. The summed E-state index contributed by atoms with van der Waals surface area (Å²) in [7, 11) is 1.72. The van der Waals surface area contributed by atoms with E-state index >= 15 is 0 Å². The van der Waals surface area contributed by atoms with Crippen molar-refractivity contribution in [3.8, 4) is 22.9 Å². The van der Waals surface area contributed by atoms with Crippen molar-refractivity contribution in [3.63, 3.8) is 0 Å². The van der Waals surface area contributed by atoms with E-state index in [1.54, 1.807) is 55.8 Å². The summed E-state index contributed by atoms with van der Waals surface area (Å²) in [6, 6.07) is 19.7. The van der Waals surface area contributed by atoms with Crippen molar-refractivity contribution in [1.82, 2.24) is 15.0 Å². The number of rotatable bonds is 6. The summed E-state index contributed by atoms with van der Waals surface area (Å²) >= 11 is 0. The summed E-state index contributed by atoms with van der Waals surface area (Å²) in [4.78, 5) is 25.7. The van der Waals surface area contributed by atoms with Gasteiger partial charge in [0.05, 0.1) is 22.5 Å². The molecule has 0 spiro atoms. The summed E-state index contributed by atoms with van der Waals surface area (Å²) in [5.74, 6) is 1.26. The number of benzene rings is 3. The van der Waals surface area contributed by atoms with Gasteiger partial charge in [0.2, 0.25) is 11.8 Å². The lowest BCUT2D eigenvalue weighted by molar-refractivity contribution is -0.137. The van der Waals surface area contributed by atoms with Crippen LogP contribution >= 0.6 is 0 Å². The number of nitrogens with zero attached hydrogens (tertiary/aromatic N) is 3. The molecule has 5 rings (SSSR count). The van der Waals surface area contributed by atoms with E-state index in [0.717, 1.165) is 12.1 Å². The maximum Gasteiger partial charge on any atom is 0.416 e. The maximum atomic E-state index is 13.0. The second kappa shape index (κ2) is 10.7. The van der Waals surface area contributed by atoms with Crippen LogP contribution in [0, 0.1) is 0 Å². The number of aromatic nitrogens is 3. The quantitative estimate of drug-likeness (QED) is 0.215. The molecular formula is C28H21F3N6O2. The summed E-state index contributed by atoms with van der Waals surface area (Å²) in [6.07, 6.45) is -1.28. The number of hydrogen-bond donors (Lipinski definition) is 3. The van der Waals surface area contributed by atoms with Crippen LogP contribution in [0.15, 0.2) is 91.3 Å². The van der Waals surface area contributed by atoms with Crippen molar-refractivity contribution in [1.29, 1.82) is 0 Å². The highest BCUT2D eigenvalue weighted by atomic mass is 19.4. The third-order valence-electron chi connectivity index (χ3n) is 5.71. The topological polar surface area (TPSA) is 101 Å². The summed E-state index contributed by atoms with van der Waals surface area (Å²) in [6.45, 7) is 0. The zero-order valence-corrected chi connectivity index (χ0v) is 20.5. The lowest BCUT2D eigenvalue weighted by Crippen LogP contribution is -2.20. The molecule has 5 aromatic rings. The number of ether oxygens (including phenoxy) is 1. The van der Waals surface area contributed by atoms with Crippen LogP contribution in [0.1, 0.15) is 5.56 Å². The van der Waals surface area contributed by atoms with Gasteiger partial charge in [0, 0.05) is 35.9 Å². The van der Waals surface area contributed by atoms with Gasteiger partial charge in [-0.15, -0.1) is 0 Å². The number of fused-ring (bicyclic) bond motifs is 1. The number of pyridine rings is 1. The Balaban J connectivity index is 1.42. The summed E-state index contributed by atoms with van der Waals surface area (Å²) in [5.41, 5.74) is 0.873. The highest BCUT2D eigenvalue weighted by Gasteiger charge is 2.30. The van der Waals surface area contributed by atoms with Crippen molar-refractivity contribution in [3.05, 3.63) is 96.8 Å². The lowest BCUT2D eigenvalue weighted by Gasteiger charge is -2.15. The summed E-state index contributed by atoms with van der Waals surface area (Å²) in [5, 5.41) is 9.40. The maximum absolute atomic E-state index is 13.0. The predicted molar refractivity (Wildman–Crippen MR) is 143 cm³/mol. The molecule has 196 valence electrons. The van der Waals surface area contributed by atoms with Gasteiger partial charge in [0.1, 0.15) is 5.75 Å². The first kappa shape index (κ1) is 25.5. The number of halogens is 3. The van der Waals surface area contributed by atoms with Gasteiger partial charge >= 0.3 is 12.2 Å². The normalized spacial score (nSPS) is 11.2. The van der Waals surface area contributed by atoms with Gasteiger partial charge in [-0.25, -0.2) is 19.7 Å². The Labute approximate surface area is 220 Å². The van der Waals surface area contributed by atoms with Gasteiger partial charge < -0.3 is 20.7 Å². The Kier molecular flexibility index (Phi) is 6.96. The molecule has 2 amide bonds. The smallest absolute Gasteiger partial charge is 0.416 e. The zero-order valence-electron chi connectivity index (χ0n) is 20.5. The van der Waals surface area contributed by atoms with E-state index in [1.807, 2.05) is 18.2 Å². The van der Waals surface area contributed by atoms with E-state index in [4.69, 9.17) is 4.74 Å². The number of carbonyl (C=O) groups is 1. The van der Waals surface area contributed by atoms with Gasteiger partial charge in [-0.2, -0.15) is 13.2 Å². The van der Waals surface area contributed by atoms with E-state index in [2.05, 4.69) is 30.9 Å². The Morgan fingerprint density at radius 1 is 0.846 bits per heavy atom. The fourth-order valence-electron chi connectivity index (χ4n) is 3.93. The molecule has 2 aromatic heterocycles. The predicted octanol–water partition coefficient (Wildman–Crippen LogP) is 7.19. The van der Waals surface area contributed by atoms with E-state index in [1.165, 1.54) is 12.1 Å². The van der Waals surface area contributed by atoms with E-state index in [9.17, 15) is 18.0 Å². The average Bonchev–Trinajstić information content (AvgIpc) is 2.94. The molecule has 0 bridgehead atoms. The van der Waals surface area contributed by atoms with Crippen molar-refractivity contribution in [2.75, 3.05) is 23.0 Å². The van der Waals surface area contributed by atoms with Crippen LogP contribution < -0.4 is 20.7 Å². The fourth-order valence-corrected chi connectivity index (χ4v) is 3.93. The van der Waals surface area contributed by atoms with Crippen LogP contribution in [0.2, 0.25) is 0 Å². The molecule has 3 N–H and O–H groups in total. The van der Waals surface area contributed by atoms with Gasteiger partial charge in [-0.05, 0) is 48.5 Å².